The fourth-order valence-electron chi connectivity index (χ4n) is 3.35. The second kappa shape index (κ2) is 11.4. The molecule has 0 radical (unpaired) electrons. The maximum absolute atomic E-state index is 12.3. The number of hydrogen-bond acceptors (Lipinski definition) is 4. The Morgan fingerprint density at radius 3 is 2.38 bits per heavy atom. The van der Waals surface area contributed by atoms with Crippen molar-refractivity contribution in [1.82, 2.24) is 15.1 Å². The zero-order valence-corrected chi connectivity index (χ0v) is 16.5. The van der Waals surface area contributed by atoms with Crippen molar-refractivity contribution in [3.05, 3.63) is 30.3 Å². The molecule has 2 heterocycles. The van der Waals surface area contributed by atoms with Gasteiger partial charge in [0.25, 0.3) is 0 Å². The number of hydrogen-bond donors (Lipinski definition) is 2. The van der Waals surface area contributed by atoms with Gasteiger partial charge < -0.3 is 15.5 Å². The first-order chi connectivity index (χ1) is 11.7. The normalized spacial score (nSPS) is 20.0. The standard InChI is InChI=1S/C18H26N4O2.2ClH/c23-17(20-15-5-2-1-3-6-15)14-21-9-11-22(12-10-21)18(24)13-16-7-4-8-19-16;;/h1-3,5-6,16,19H,4,7-14H2,(H,20,23);2*1H. The quantitative estimate of drug-likeness (QED) is 0.787. The zero-order valence-electron chi connectivity index (χ0n) is 14.9. The van der Waals surface area contributed by atoms with E-state index in [1.54, 1.807) is 0 Å². The predicted molar refractivity (Wildman–Crippen MR) is 108 cm³/mol. The molecule has 0 bridgehead atoms. The highest BCUT2D eigenvalue weighted by atomic mass is 35.5. The lowest BCUT2D eigenvalue weighted by Crippen LogP contribution is -2.51. The van der Waals surface area contributed by atoms with Crippen molar-refractivity contribution in [3.8, 4) is 0 Å². The van der Waals surface area contributed by atoms with E-state index in [-0.39, 0.29) is 36.6 Å². The first-order valence-corrected chi connectivity index (χ1v) is 8.79. The number of benzene rings is 1. The molecular weight excluding hydrogens is 375 g/mol. The van der Waals surface area contributed by atoms with Crippen LogP contribution in [0.15, 0.2) is 30.3 Å². The maximum Gasteiger partial charge on any atom is 0.238 e. The molecule has 1 unspecified atom stereocenters. The summed E-state index contributed by atoms with van der Waals surface area (Å²) in [5, 5.41) is 6.28. The van der Waals surface area contributed by atoms with Crippen LogP contribution in [-0.2, 0) is 9.59 Å². The molecule has 2 aliphatic heterocycles. The summed E-state index contributed by atoms with van der Waals surface area (Å²) in [5.74, 6) is 0.235. The third-order valence-corrected chi connectivity index (χ3v) is 4.73. The van der Waals surface area contributed by atoms with Gasteiger partial charge in [0.1, 0.15) is 0 Å². The third-order valence-electron chi connectivity index (χ3n) is 4.73. The van der Waals surface area contributed by atoms with Crippen molar-refractivity contribution in [2.45, 2.75) is 25.3 Å². The van der Waals surface area contributed by atoms with E-state index < -0.39 is 0 Å². The average Bonchev–Trinajstić information content (AvgIpc) is 3.09. The Balaban J connectivity index is 0.00000169. The number of carbonyl (C=O) groups is 2. The Kier molecular flexibility index (Phi) is 9.94. The van der Waals surface area contributed by atoms with Gasteiger partial charge in [0.15, 0.2) is 0 Å². The average molecular weight is 403 g/mol. The highest BCUT2D eigenvalue weighted by Crippen LogP contribution is 2.12. The molecule has 1 atom stereocenters. The first kappa shape index (κ1) is 22.7. The van der Waals surface area contributed by atoms with E-state index in [1.807, 2.05) is 35.2 Å². The molecule has 2 aliphatic rings. The van der Waals surface area contributed by atoms with Crippen LogP contribution in [0.1, 0.15) is 19.3 Å². The van der Waals surface area contributed by atoms with Crippen molar-refractivity contribution in [2.75, 3.05) is 44.6 Å². The van der Waals surface area contributed by atoms with E-state index in [0.717, 1.165) is 31.7 Å². The second-order valence-electron chi connectivity index (χ2n) is 6.57. The topological polar surface area (TPSA) is 64.7 Å². The van der Waals surface area contributed by atoms with E-state index in [1.165, 1.54) is 6.42 Å². The van der Waals surface area contributed by atoms with E-state index in [2.05, 4.69) is 15.5 Å². The number of carbonyl (C=O) groups excluding carboxylic acids is 2. The molecule has 0 aromatic heterocycles. The van der Waals surface area contributed by atoms with Crippen molar-refractivity contribution >= 4 is 42.3 Å². The van der Waals surface area contributed by atoms with Gasteiger partial charge in [-0.25, -0.2) is 0 Å². The number of rotatable bonds is 5. The second-order valence-corrected chi connectivity index (χ2v) is 6.57. The van der Waals surface area contributed by atoms with Gasteiger partial charge in [-0.3, -0.25) is 14.5 Å². The summed E-state index contributed by atoms with van der Waals surface area (Å²) in [4.78, 5) is 28.4. The smallest absolute Gasteiger partial charge is 0.238 e. The van der Waals surface area contributed by atoms with Crippen LogP contribution in [0.25, 0.3) is 0 Å². The molecule has 0 aliphatic carbocycles. The molecule has 6 nitrogen and oxygen atoms in total. The number of nitrogens with zero attached hydrogens (tertiary/aromatic N) is 2. The third kappa shape index (κ3) is 6.76. The Labute approximate surface area is 167 Å². The fourth-order valence-corrected chi connectivity index (χ4v) is 3.35. The van der Waals surface area contributed by atoms with Crippen molar-refractivity contribution < 1.29 is 9.59 Å². The highest BCUT2D eigenvalue weighted by Gasteiger charge is 2.25. The predicted octanol–water partition coefficient (Wildman–Crippen LogP) is 1.75. The van der Waals surface area contributed by atoms with Crippen molar-refractivity contribution in [1.29, 1.82) is 0 Å². The van der Waals surface area contributed by atoms with Gasteiger partial charge in [0, 0.05) is 44.3 Å². The molecule has 0 spiro atoms. The zero-order chi connectivity index (χ0) is 16.8. The molecule has 1 aromatic carbocycles. The molecular formula is C18H28Cl2N4O2. The van der Waals surface area contributed by atoms with Crippen LogP contribution in [0.2, 0.25) is 0 Å². The highest BCUT2D eigenvalue weighted by molar-refractivity contribution is 5.92. The SMILES string of the molecule is Cl.Cl.O=C(CN1CCN(C(=O)CC2CCCN2)CC1)Nc1ccccc1. The summed E-state index contributed by atoms with van der Waals surface area (Å²) < 4.78 is 0. The summed E-state index contributed by atoms with van der Waals surface area (Å²) in [6.45, 7) is 4.34. The molecule has 26 heavy (non-hydrogen) atoms. The molecule has 3 rings (SSSR count). The largest absolute Gasteiger partial charge is 0.340 e. The fraction of sp³-hybridized carbons (Fsp3) is 0.556. The lowest BCUT2D eigenvalue weighted by atomic mass is 10.1. The van der Waals surface area contributed by atoms with Gasteiger partial charge in [-0.05, 0) is 31.5 Å². The molecule has 1 aromatic rings. The van der Waals surface area contributed by atoms with Gasteiger partial charge in [-0.2, -0.15) is 0 Å². The first-order valence-electron chi connectivity index (χ1n) is 8.79. The van der Waals surface area contributed by atoms with Crippen LogP contribution in [0.4, 0.5) is 5.69 Å². The van der Waals surface area contributed by atoms with E-state index >= 15 is 0 Å². The Morgan fingerprint density at radius 2 is 1.77 bits per heavy atom. The van der Waals surface area contributed by atoms with Crippen LogP contribution < -0.4 is 10.6 Å². The van der Waals surface area contributed by atoms with Gasteiger partial charge in [-0.1, -0.05) is 18.2 Å². The Morgan fingerprint density at radius 1 is 1.08 bits per heavy atom. The molecule has 0 saturated carbocycles. The van der Waals surface area contributed by atoms with Gasteiger partial charge in [0.2, 0.25) is 11.8 Å². The minimum atomic E-state index is -0.00358. The lowest BCUT2D eigenvalue weighted by Gasteiger charge is -2.34. The maximum atomic E-state index is 12.3. The van der Waals surface area contributed by atoms with E-state index in [4.69, 9.17) is 0 Å². The molecule has 2 amide bonds. The van der Waals surface area contributed by atoms with E-state index in [9.17, 15) is 9.59 Å². The minimum absolute atomic E-state index is 0. The summed E-state index contributed by atoms with van der Waals surface area (Å²) in [5.41, 5.74) is 0.820. The number of para-hydroxylation sites is 1. The van der Waals surface area contributed by atoms with Gasteiger partial charge >= 0.3 is 0 Å². The molecule has 2 N–H and O–H groups in total. The lowest BCUT2D eigenvalue weighted by molar-refractivity contribution is -0.133. The number of nitrogens with one attached hydrogen (secondary N) is 2. The summed E-state index contributed by atoms with van der Waals surface area (Å²) >= 11 is 0. The minimum Gasteiger partial charge on any atom is -0.340 e. The number of halogens is 2. The van der Waals surface area contributed by atoms with Gasteiger partial charge in [0.05, 0.1) is 6.54 Å². The van der Waals surface area contributed by atoms with Crippen LogP contribution >= 0.6 is 24.8 Å². The number of amides is 2. The van der Waals surface area contributed by atoms with Crippen LogP contribution in [-0.4, -0.2) is 66.9 Å². The molecule has 2 fully saturated rings. The monoisotopic (exact) mass is 402 g/mol. The number of anilines is 1. The molecule has 8 heteroatoms. The van der Waals surface area contributed by atoms with E-state index in [0.29, 0.717) is 32.1 Å². The Hall–Kier alpha value is -1.34. The molecule has 146 valence electrons. The number of piperazine rings is 1. The summed E-state index contributed by atoms with van der Waals surface area (Å²) in [6.07, 6.45) is 2.88. The van der Waals surface area contributed by atoms with Crippen molar-refractivity contribution in [2.24, 2.45) is 0 Å². The summed E-state index contributed by atoms with van der Waals surface area (Å²) in [6, 6.07) is 9.84. The van der Waals surface area contributed by atoms with Crippen molar-refractivity contribution in [3.63, 3.8) is 0 Å². The van der Waals surface area contributed by atoms with Crippen LogP contribution in [0, 0.1) is 0 Å². The summed E-state index contributed by atoms with van der Waals surface area (Å²) in [7, 11) is 0. The van der Waals surface area contributed by atoms with Gasteiger partial charge in [-0.15, -0.1) is 24.8 Å². The van der Waals surface area contributed by atoms with Crippen LogP contribution in [0.5, 0.6) is 0 Å². The molecule has 2 saturated heterocycles. The van der Waals surface area contributed by atoms with Crippen LogP contribution in [0.3, 0.4) is 0 Å². The Bertz CT molecular complexity index is 560.